The molecule has 15 heavy (non-hydrogen) atoms. The van der Waals surface area contributed by atoms with Gasteiger partial charge >= 0.3 is 5.97 Å². The van der Waals surface area contributed by atoms with Gasteiger partial charge in [0, 0.05) is 13.7 Å². The van der Waals surface area contributed by atoms with Crippen molar-refractivity contribution in [2.45, 2.75) is 38.8 Å². The highest BCUT2D eigenvalue weighted by Gasteiger charge is 2.32. The molecule has 2 unspecified atom stereocenters. The van der Waals surface area contributed by atoms with Gasteiger partial charge in [0.1, 0.15) is 6.04 Å². The van der Waals surface area contributed by atoms with E-state index in [9.17, 15) is 9.90 Å². The van der Waals surface area contributed by atoms with Crippen LogP contribution in [0.25, 0.3) is 0 Å². The molecule has 0 radical (unpaired) electrons. The molecule has 1 aliphatic rings. The fourth-order valence-electron chi connectivity index (χ4n) is 2.27. The van der Waals surface area contributed by atoms with E-state index < -0.39 is 5.97 Å². The molecule has 0 saturated carbocycles. The van der Waals surface area contributed by atoms with Crippen molar-refractivity contribution < 1.29 is 14.6 Å². The fraction of sp³-hybridized carbons (Fsp3) is 0.909. The van der Waals surface area contributed by atoms with Crippen LogP contribution >= 0.6 is 0 Å². The summed E-state index contributed by atoms with van der Waals surface area (Å²) in [4.78, 5) is 13.2. The lowest BCUT2D eigenvalue weighted by Gasteiger charge is -2.37. The predicted molar refractivity (Wildman–Crippen MR) is 57.9 cm³/mol. The third-order valence-corrected chi connectivity index (χ3v) is 3.02. The van der Waals surface area contributed by atoms with Gasteiger partial charge in [0.05, 0.1) is 6.10 Å². The number of nitrogens with zero attached hydrogens (tertiary/aromatic N) is 1. The van der Waals surface area contributed by atoms with Crippen molar-refractivity contribution in [3.05, 3.63) is 0 Å². The Morgan fingerprint density at radius 3 is 2.67 bits per heavy atom. The Kier molecular flexibility index (Phi) is 4.54. The SMILES string of the molecule is COC1CCCN(C(C(=O)O)C(C)C)C1. The van der Waals surface area contributed by atoms with Crippen molar-refractivity contribution in [1.82, 2.24) is 4.90 Å². The zero-order chi connectivity index (χ0) is 11.4. The van der Waals surface area contributed by atoms with E-state index in [1.807, 2.05) is 18.7 Å². The first-order chi connectivity index (χ1) is 7.06. The van der Waals surface area contributed by atoms with Crippen molar-refractivity contribution in [2.24, 2.45) is 5.92 Å². The van der Waals surface area contributed by atoms with E-state index in [1.165, 1.54) is 0 Å². The molecular weight excluding hydrogens is 194 g/mol. The van der Waals surface area contributed by atoms with Crippen molar-refractivity contribution >= 4 is 5.97 Å². The van der Waals surface area contributed by atoms with Crippen LogP contribution in [0.15, 0.2) is 0 Å². The number of carbonyl (C=O) groups is 1. The number of ether oxygens (including phenoxy) is 1. The summed E-state index contributed by atoms with van der Waals surface area (Å²) in [6, 6.07) is -0.372. The molecule has 1 N–H and O–H groups in total. The molecule has 0 aromatic heterocycles. The highest BCUT2D eigenvalue weighted by molar-refractivity contribution is 5.73. The molecule has 1 aliphatic heterocycles. The Labute approximate surface area is 91.2 Å². The van der Waals surface area contributed by atoms with Gasteiger partial charge in [-0.1, -0.05) is 13.8 Å². The van der Waals surface area contributed by atoms with Gasteiger partial charge in [-0.15, -0.1) is 0 Å². The molecule has 1 heterocycles. The monoisotopic (exact) mass is 215 g/mol. The number of rotatable bonds is 4. The number of hydrogen-bond acceptors (Lipinski definition) is 3. The van der Waals surface area contributed by atoms with Crippen LogP contribution in [0.1, 0.15) is 26.7 Å². The number of piperidine rings is 1. The van der Waals surface area contributed by atoms with Gasteiger partial charge in [-0.3, -0.25) is 9.69 Å². The summed E-state index contributed by atoms with van der Waals surface area (Å²) in [7, 11) is 1.69. The number of carboxylic acids is 1. The van der Waals surface area contributed by atoms with E-state index in [4.69, 9.17) is 4.74 Å². The summed E-state index contributed by atoms with van der Waals surface area (Å²) >= 11 is 0. The summed E-state index contributed by atoms with van der Waals surface area (Å²) in [6.45, 7) is 5.52. The summed E-state index contributed by atoms with van der Waals surface area (Å²) in [5.41, 5.74) is 0. The van der Waals surface area contributed by atoms with Crippen LogP contribution in [0.2, 0.25) is 0 Å². The van der Waals surface area contributed by atoms with Crippen LogP contribution in [0.3, 0.4) is 0 Å². The van der Waals surface area contributed by atoms with Gasteiger partial charge in [0.2, 0.25) is 0 Å². The molecule has 0 bridgehead atoms. The highest BCUT2D eigenvalue weighted by atomic mass is 16.5. The molecule has 0 spiro atoms. The molecule has 0 aliphatic carbocycles. The van der Waals surface area contributed by atoms with Gasteiger partial charge in [0.25, 0.3) is 0 Å². The second-order valence-electron chi connectivity index (χ2n) is 4.52. The highest BCUT2D eigenvalue weighted by Crippen LogP contribution is 2.19. The summed E-state index contributed by atoms with van der Waals surface area (Å²) < 4.78 is 5.30. The van der Waals surface area contributed by atoms with Crippen molar-refractivity contribution in [3.63, 3.8) is 0 Å². The van der Waals surface area contributed by atoms with E-state index in [0.717, 1.165) is 25.9 Å². The second-order valence-corrected chi connectivity index (χ2v) is 4.52. The topological polar surface area (TPSA) is 49.8 Å². The number of likely N-dealkylation sites (tertiary alicyclic amines) is 1. The lowest BCUT2D eigenvalue weighted by Crippen LogP contribution is -2.50. The molecule has 2 atom stereocenters. The molecule has 0 aromatic rings. The molecule has 88 valence electrons. The Hall–Kier alpha value is -0.610. The van der Waals surface area contributed by atoms with Crippen LogP contribution in [0.4, 0.5) is 0 Å². The zero-order valence-electron chi connectivity index (χ0n) is 9.77. The Morgan fingerprint density at radius 2 is 2.20 bits per heavy atom. The first-order valence-electron chi connectivity index (χ1n) is 5.56. The lowest BCUT2D eigenvalue weighted by atomic mass is 9.98. The number of hydrogen-bond donors (Lipinski definition) is 1. The van der Waals surface area contributed by atoms with Crippen molar-refractivity contribution in [2.75, 3.05) is 20.2 Å². The van der Waals surface area contributed by atoms with Gasteiger partial charge < -0.3 is 9.84 Å². The first kappa shape index (κ1) is 12.5. The van der Waals surface area contributed by atoms with Crippen LogP contribution in [0, 0.1) is 5.92 Å². The molecular formula is C11H21NO3. The van der Waals surface area contributed by atoms with Gasteiger partial charge in [0.15, 0.2) is 0 Å². The van der Waals surface area contributed by atoms with Crippen molar-refractivity contribution in [1.29, 1.82) is 0 Å². The maximum absolute atomic E-state index is 11.2. The average Bonchev–Trinajstić information content (AvgIpc) is 2.17. The normalized spacial score (nSPS) is 25.5. The predicted octanol–water partition coefficient (Wildman–Crippen LogP) is 1.21. The summed E-state index contributed by atoms with van der Waals surface area (Å²) in [6.07, 6.45) is 2.26. The smallest absolute Gasteiger partial charge is 0.321 e. The minimum Gasteiger partial charge on any atom is -0.480 e. The summed E-state index contributed by atoms with van der Waals surface area (Å²) in [5.74, 6) is -0.583. The number of methoxy groups -OCH3 is 1. The Bertz CT molecular complexity index is 218. The fourth-order valence-corrected chi connectivity index (χ4v) is 2.27. The third-order valence-electron chi connectivity index (χ3n) is 3.02. The molecule has 4 heteroatoms. The quantitative estimate of drug-likeness (QED) is 0.765. The van der Waals surface area contributed by atoms with E-state index in [1.54, 1.807) is 7.11 Å². The number of aliphatic carboxylic acids is 1. The maximum Gasteiger partial charge on any atom is 0.321 e. The van der Waals surface area contributed by atoms with Crippen LogP contribution in [-0.2, 0) is 9.53 Å². The number of carboxylic acid groups (broad SMARTS) is 1. The molecule has 4 nitrogen and oxygen atoms in total. The average molecular weight is 215 g/mol. The lowest BCUT2D eigenvalue weighted by molar-refractivity contribution is -0.146. The molecule has 1 saturated heterocycles. The standard InChI is InChI=1S/C11H21NO3/c1-8(2)10(11(13)14)12-6-4-5-9(7-12)15-3/h8-10H,4-7H2,1-3H3,(H,13,14). The first-order valence-corrected chi connectivity index (χ1v) is 5.56. The molecule has 1 rings (SSSR count). The van der Waals surface area contributed by atoms with Crippen molar-refractivity contribution in [3.8, 4) is 0 Å². The minimum absolute atomic E-state index is 0.137. The third kappa shape index (κ3) is 3.18. The Balaban J connectivity index is 2.63. The van der Waals surface area contributed by atoms with Crippen LogP contribution < -0.4 is 0 Å². The van der Waals surface area contributed by atoms with E-state index >= 15 is 0 Å². The van der Waals surface area contributed by atoms with E-state index in [-0.39, 0.29) is 18.1 Å². The maximum atomic E-state index is 11.2. The Morgan fingerprint density at radius 1 is 1.53 bits per heavy atom. The molecule has 0 aromatic carbocycles. The van der Waals surface area contributed by atoms with E-state index in [2.05, 4.69) is 0 Å². The minimum atomic E-state index is -0.721. The van der Waals surface area contributed by atoms with Gasteiger partial charge in [-0.05, 0) is 25.3 Å². The van der Waals surface area contributed by atoms with Gasteiger partial charge in [-0.2, -0.15) is 0 Å². The van der Waals surface area contributed by atoms with Crippen LogP contribution in [-0.4, -0.2) is 48.3 Å². The second kappa shape index (κ2) is 5.47. The van der Waals surface area contributed by atoms with E-state index in [0.29, 0.717) is 0 Å². The largest absolute Gasteiger partial charge is 0.480 e. The molecule has 1 fully saturated rings. The van der Waals surface area contributed by atoms with Gasteiger partial charge in [-0.25, -0.2) is 0 Å². The zero-order valence-corrected chi connectivity index (χ0v) is 9.77. The molecule has 0 amide bonds. The van der Waals surface area contributed by atoms with Crippen LogP contribution in [0.5, 0.6) is 0 Å². The summed E-state index contributed by atoms with van der Waals surface area (Å²) in [5, 5.41) is 9.17.